The average molecular weight is 293 g/mol. The Hall–Kier alpha value is -1.36. The molecular weight excluding hydrogens is 266 g/mol. The molecule has 0 aromatic carbocycles. The molecule has 0 aliphatic carbocycles. The number of nitrogens with one attached hydrogen (secondary N) is 1. The Labute approximate surface area is 127 Å². The lowest BCUT2D eigenvalue weighted by Gasteiger charge is -2.39. The lowest BCUT2D eigenvalue weighted by Crippen LogP contribution is -2.49. The first kappa shape index (κ1) is 16.0. The van der Waals surface area contributed by atoms with Crippen LogP contribution in [0.15, 0.2) is 6.20 Å². The number of ether oxygens (including phenoxy) is 1. The molecular formula is C16H27N3O2. The molecule has 0 atom stereocenters. The van der Waals surface area contributed by atoms with Gasteiger partial charge in [-0.3, -0.25) is 9.48 Å². The number of rotatable bonds is 1. The van der Waals surface area contributed by atoms with Crippen LogP contribution in [-0.4, -0.2) is 34.3 Å². The molecule has 5 nitrogen and oxygen atoms in total. The molecule has 0 bridgehead atoms. The number of fused-ring (bicyclic) bond motifs is 1. The van der Waals surface area contributed by atoms with Gasteiger partial charge < -0.3 is 10.1 Å². The molecule has 2 aliphatic rings. The number of ketones is 1. The third-order valence-corrected chi connectivity index (χ3v) is 3.82. The van der Waals surface area contributed by atoms with Crippen molar-refractivity contribution in [1.82, 2.24) is 15.1 Å². The van der Waals surface area contributed by atoms with Crippen molar-refractivity contribution in [2.24, 2.45) is 0 Å². The maximum Gasteiger partial charge on any atom is 0.190 e. The molecule has 118 valence electrons. The normalized spacial score (nSPS) is 19.8. The summed E-state index contributed by atoms with van der Waals surface area (Å²) in [6.45, 7) is 10.2. The average Bonchev–Trinajstić information content (AvgIpc) is 2.85. The summed E-state index contributed by atoms with van der Waals surface area (Å²) >= 11 is 0. The van der Waals surface area contributed by atoms with Gasteiger partial charge in [-0.25, -0.2) is 0 Å². The zero-order chi connectivity index (χ0) is 15.5. The molecule has 5 heteroatoms. The van der Waals surface area contributed by atoms with Crippen molar-refractivity contribution in [2.45, 2.75) is 65.0 Å². The maximum absolute atomic E-state index is 12.2. The summed E-state index contributed by atoms with van der Waals surface area (Å²) < 4.78 is 7.93. The number of aromatic nitrogens is 2. The number of carbonyl (C=O) groups is 1. The predicted octanol–water partition coefficient (Wildman–Crippen LogP) is 2.97. The van der Waals surface area contributed by atoms with Gasteiger partial charge in [0, 0.05) is 18.9 Å². The Bertz CT molecular complexity index is 488. The molecule has 0 radical (unpaired) electrons. The van der Waals surface area contributed by atoms with Gasteiger partial charge in [0.15, 0.2) is 17.2 Å². The third-order valence-electron chi connectivity index (χ3n) is 3.82. The molecule has 0 amide bonds. The molecule has 1 saturated heterocycles. The Morgan fingerprint density at radius 1 is 1.38 bits per heavy atom. The van der Waals surface area contributed by atoms with Crippen molar-refractivity contribution in [3.8, 4) is 5.75 Å². The van der Waals surface area contributed by atoms with Crippen LogP contribution in [0.5, 0.6) is 5.75 Å². The van der Waals surface area contributed by atoms with Crippen LogP contribution in [0.1, 0.15) is 69.9 Å². The van der Waals surface area contributed by atoms with Gasteiger partial charge in [0.2, 0.25) is 0 Å². The standard InChI is InChI=1S/C13H19N3O2.C3H8/c1-9(2)16-8-11-12(15-16)10(17)7-13(18-11)3-5-14-6-4-13;1-3-2/h8-9,14H,3-7H2,1-2H3;3H2,1-2H3. The van der Waals surface area contributed by atoms with Crippen molar-refractivity contribution in [2.75, 3.05) is 13.1 Å². The summed E-state index contributed by atoms with van der Waals surface area (Å²) in [5.74, 6) is 0.791. The highest BCUT2D eigenvalue weighted by atomic mass is 16.5. The molecule has 3 heterocycles. The van der Waals surface area contributed by atoms with E-state index in [0.717, 1.165) is 25.9 Å². The van der Waals surface area contributed by atoms with E-state index in [4.69, 9.17) is 4.74 Å². The number of carbonyl (C=O) groups excluding carboxylic acids is 1. The first-order chi connectivity index (χ1) is 10.0. The van der Waals surface area contributed by atoms with Crippen LogP contribution in [0, 0.1) is 0 Å². The van der Waals surface area contributed by atoms with Gasteiger partial charge in [-0.2, -0.15) is 5.10 Å². The van der Waals surface area contributed by atoms with Gasteiger partial charge in [0.1, 0.15) is 5.60 Å². The minimum absolute atomic E-state index is 0.123. The zero-order valence-electron chi connectivity index (χ0n) is 13.6. The van der Waals surface area contributed by atoms with Crippen LogP contribution >= 0.6 is 0 Å². The van der Waals surface area contributed by atoms with Gasteiger partial charge in [0.25, 0.3) is 0 Å². The molecule has 1 fully saturated rings. The van der Waals surface area contributed by atoms with Gasteiger partial charge in [-0.05, 0) is 26.9 Å². The largest absolute Gasteiger partial charge is 0.483 e. The van der Waals surface area contributed by atoms with E-state index < -0.39 is 0 Å². The highest BCUT2D eigenvalue weighted by Gasteiger charge is 2.42. The second kappa shape index (κ2) is 6.60. The molecule has 21 heavy (non-hydrogen) atoms. The van der Waals surface area contributed by atoms with Crippen LogP contribution in [0.2, 0.25) is 0 Å². The summed E-state index contributed by atoms with van der Waals surface area (Å²) in [6.07, 6.45) is 5.37. The van der Waals surface area contributed by atoms with Crippen molar-refractivity contribution in [1.29, 1.82) is 0 Å². The first-order valence-corrected chi connectivity index (χ1v) is 8.03. The number of hydrogen-bond donors (Lipinski definition) is 1. The van der Waals surface area contributed by atoms with Crippen LogP contribution in [0.3, 0.4) is 0 Å². The number of nitrogens with zero attached hydrogens (tertiary/aromatic N) is 2. The van der Waals surface area contributed by atoms with E-state index in [9.17, 15) is 4.79 Å². The van der Waals surface area contributed by atoms with Crippen molar-refractivity contribution in [3.63, 3.8) is 0 Å². The lowest BCUT2D eigenvalue weighted by atomic mass is 9.84. The number of piperidine rings is 1. The van der Waals surface area contributed by atoms with E-state index in [0.29, 0.717) is 17.9 Å². The fraction of sp³-hybridized carbons (Fsp3) is 0.750. The summed E-state index contributed by atoms with van der Waals surface area (Å²) in [7, 11) is 0. The Morgan fingerprint density at radius 3 is 2.57 bits per heavy atom. The Morgan fingerprint density at radius 2 is 2.00 bits per heavy atom. The minimum atomic E-state index is -0.291. The summed E-state index contributed by atoms with van der Waals surface area (Å²) in [4.78, 5) is 12.2. The van der Waals surface area contributed by atoms with E-state index in [2.05, 4.69) is 24.3 Å². The fourth-order valence-corrected chi connectivity index (χ4v) is 2.71. The quantitative estimate of drug-likeness (QED) is 0.865. The number of Topliss-reactive ketones (excluding diaryl/α,β-unsaturated/α-hetero) is 1. The predicted molar refractivity (Wildman–Crippen MR) is 83.0 cm³/mol. The molecule has 3 rings (SSSR count). The molecule has 2 aliphatic heterocycles. The summed E-state index contributed by atoms with van der Waals surface area (Å²) in [5.41, 5.74) is 0.216. The lowest BCUT2D eigenvalue weighted by molar-refractivity contribution is 0.0185. The SMILES string of the molecule is CC(C)n1cc2c(n1)C(=O)CC1(CCNCC1)O2.CCC. The van der Waals surface area contributed by atoms with E-state index in [1.54, 1.807) is 0 Å². The van der Waals surface area contributed by atoms with Crippen LogP contribution < -0.4 is 10.1 Å². The molecule has 1 N–H and O–H groups in total. The topological polar surface area (TPSA) is 56.2 Å². The van der Waals surface area contributed by atoms with Crippen LogP contribution in [0.4, 0.5) is 0 Å². The highest BCUT2D eigenvalue weighted by Crippen LogP contribution is 2.37. The monoisotopic (exact) mass is 293 g/mol. The molecule has 1 spiro atoms. The van der Waals surface area contributed by atoms with E-state index in [-0.39, 0.29) is 17.4 Å². The van der Waals surface area contributed by atoms with Gasteiger partial charge in [-0.15, -0.1) is 0 Å². The Kier molecular flexibility index (Phi) is 5.04. The van der Waals surface area contributed by atoms with Crippen LogP contribution in [-0.2, 0) is 0 Å². The van der Waals surface area contributed by atoms with Crippen molar-refractivity contribution in [3.05, 3.63) is 11.9 Å². The first-order valence-electron chi connectivity index (χ1n) is 8.03. The zero-order valence-corrected chi connectivity index (χ0v) is 13.6. The second-order valence-corrected chi connectivity index (χ2v) is 6.26. The third kappa shape index (κ3) is 3.46. The second-order valence-electron chi connectivity index (χ2n) is 6.26. The molecule has 1 aromatic heterocycles. The van der Waals surface area contributed by atoms with E-state index >= 15 is 0 Å². The molecule has 1 aromatic rings. The molecule has 0 unspecified atom stereocenters. The van der Waals surface area contributed by atoms with Crippen molar-refractivity contribution < 1.29 is 9.53 Å². The van der Waals surface area contributed by atoms with E-state index in [1.807, 2.05) is 24.7 Å². The maximum atomic E-state index is 12.2. The smallest absolute Gasteiger partial charge is 0.190 e. The highest BCUT2D eigenvalue weighted by molar-refractivity contribution is 5.98. The van der Waals surface area contributed by atoms with Gasteiger partial charge in [-0.1, -0.05) is 20.3 Å². The fourth-order valence-electron chi connectivity index (χ4n) is 2.71. The van der Waals surface area contributed by atoms with Gasteiger partial charge in [0.05, 0.1) is 12.6 Å². The van der Waals surface area contributed by atoms with E-state index in [1.165, 1.54) is 6.42 Å². The van der Waals surface area contributed by atoms with Crippen molar-refractivity contribution >= 4 is 5.78 Å². The van der Waals surface area contributed by atoms with Gasteiger partial charge >= 0.3 is 0 Å². The number of hydrogen-bond acceptors (Lipinski definition) is 4. The van der Waals surface area contributed by atoms with Crippen LogP contribution in [0.25, 0.3) is 0 Å². The summed E-state index contributed by atoms with van der Waals surface area (Å²) in [5, 5.41) is 7.64. The Balaban J connectivity index is 0.000000497. The minimum Gasteiger partial charge on any atom is -0.483 e. The summed E-state index contributed by atoms with van der Waals surface area (Å²) in [6, 6.07) is 0.246. The molecule has 0 saturated carbocycles.